The van der Waals surface area contributed by atoms with Gasteiger partial charge in [0, 0.05) is 18.2 Å². The topological polar surface area (TPSA) is 93.1 Å². The van der Waals surface area contributed by atoms with Crippen LogP contribution in [-0.4, -0.2) is 29.4 Å². The van der Waals surface area contributed by atoms with E-state index >= 15 is 0 Å². The molecule has 1 saturated heterocycles. The molecule has 1 aliphatic rings. The minimum Gasteiger partial charge on any atom is -0.507 e. The molecule has 3 aromatic rings. The Kier molecular flexibility index (Phi) is 8.49. The van der Waals surface area contributed by atoms with Gasteiger partial charge in [-0.3, -0.25) is 19.3 Å². The molecule has 1 N–H and O–H groups in total. The Morgan fingerprint density at radius 2 is 1.56 bits per heavy atom. The molecule has 7 nitrogen and oxygen atoms in total. The Morgan fingerprint density at radius 1 is 0.897 bits per heavy atom. The second-order valence-electron chi connectivity index (χ2n) is 9.68. The van der Waals surface area contributed by atoms with Gasteiger partial charge in [0.15, 0.2) is 0 Å². The summed E-state index contributed by atoms with van der Waals surface area (Å²) in [5, 5.41) is 11.4. The fourth-order valence-electron chi connectivity index (χ4n) is 4.58. The summed E-state index contributed by atoms with van der Waals surface area (Å²) in [5.41, 5.74) is 3.53. The zero-order valence-corrected chi connectivity index (χ0v) is 22.7. The highest BCUT2D eigenvalue weighted by atomic mass is 16.5. The summed E-state index contributed by atoms with van der Waals surface area (Å²) in [4.78, 5) is 39.6. The standard InChI is InChI=1S/C32H33NO6/c1-5-6-7-18-38-26-14-11-24(12-15-26)30(35)28-29(23-9-16-27(17-10-23)39-22(4)34)33(32(37)31(28)36)25-13-8-20(2)21(3)19-25/h8-17,19,29,35H,5-7,18H2,1-4H3/b30-28+. The van der Waals surface area contributed by atoms with Crippen molar-refractivity contribution in [2.24, 2.45) is 0 Å². The minimum absolute atomic E-state index is 0.0184. The summed E-state index contributed by atoms with van der Waals surface area (Å²) < 4.78 is 10.9. The summed E-state index contributed by atoms with van der Waals surface area (Å²) >= 11 is 0. The van der Waals surface area contributed by atoms with Crippen LogP contribution in [0.4, 0.5) is 5.69 Å². The maximum atomic E-state index is 13.4. The number of hydrogen-bond donors (Lipinski definition) is 1. The number of hydrogen-bond acceptors (Lipinski definition) is 6. The van der Waals surface area contributed by atoms with Crippen molar-refractivity contribution in [1.29, 1.82) is 0 Å². The van der Waals surface area contributed by atoms with Gasteiger partial charge in [-0.05, 0) is 85.5 Å². The molecule has 4 rings (SSSR count). The highest BCUT2D eigenvalue weighted by Crippen LogP contribution is 2.43. The molecule has 1 atom stereocenters. The number of aryl methyl sites for hydroxylation is 2. The van der Waals surface area contributed by atoms with E-state index in [2.05, 4.69) is 6.92 Å². The van der Waals surface area contributed by atoms with Gasteiger partial charge in [-0.1, -0.05) is 38.0 Å². The van der Waals surface area contributed by atoms with Crippen LogP contribution in [0.3, 0.4) is 0 Å². The number of nitrogens with zero attached hydrogens (tertiary/aromatic N) is 1. The van der Waals surface area contributed by atoms with Crippen LogP contribution in [0.1, 0.15) is 61.4 Å². The lowest BCUT2D eigenvalue weighted by molar-refractivity contribution is -0.132. The minimum atomic E-state index is -0.886. The van der Waals surface area contributed by atoms with Crippen LogP contribution in [-0.2, 0) is 14.4 Å². The summed E-state index contributed by atoms with van der Waals surface area (Å²) in [6.45, 7) is 7.94. The first-order valence-electron chi connectivity index (χ1n) is 13.1. The van der Waals surface area contributed by atoms with Gasteiger partial charge in [-0.2, -0.15) is 0 Å². The predicted octanol–water partition coefficient (Wildman–Crippen LogP) is 6.42. The number of ether oxygens (including phenoxy) is 2. The van der Waals surface area contributed by atoms with Crippen molar-refractivity contribution in [2.75, 3.05) is 11.5 Å². The average molecular weight is 528 g/mol. The summed E-state index contributed by atoms with van der Waals surface area (Å²) in [6.07, 6.45) is 3.14. The number of esters is 1. The van der Waals surface area contributed by atoms with E-state index in [1.807, 2.05) is 26.0 Å². The van der Waals surface area contributed by atoms with Crippen molar-refractivity contribution < 1.29 is 29.0 Å². The fourth-order valence-corrected chi connectivity index (χ4v) is 4.58. The largest absolute Gasteiger partial charge is 0.507 e. The maximum Gasteiger partial charge on any atom is 0.308 e. The number of ketones is 1. The van der Waals surface area contributed by atoms with E-state index in [9.17, 15) is 19.5 Å². The van der Waals surface area contributed by atoms with Crippen LogP contribution in [0.2, 0.25) is 0 Å². The number of rotatable bonds is 9. The Morgan fingerprint density at radius 3 is 2.18 bits per heavy atom. The Labute approximate surface area is 228 Å². The van der Waals surface area contributed by atoms with Crippen LogP contribution in [0.25, 0.3) is 5.76 Å². The van der Waals surface area contributed by atoms with E-state index in [1.165, 1.54) is 11.8 Å². The molecule has 39 heavy (non-hydrogen) atoms. The van der Waals surface area contributed by atoms with Gasteiger partial charge in [-0.15, -0.1) is 0 Å². The van der Waals surface area contributed by atoms with Crippen LogP contribution in [0.5, 0.6) is 11.5 Å². The van der Waals surface area contributed by atoms with Gasteiger partial charge < -0.3 is 14.6 Å². The summed E-state index contributed by atoms with van der Waals surface area (Å²) in [7, 11) is 0. The third kappa shape index (κ3) is 6.03. The number of carbonyl (C=O) groups excluding carboxylic acids is 3. The molecule has 1 unspecified atom stereocenters. The van der Waals surface area contributed by atoms with Crippen LogP contribution < -0.4 is 14.4 Å². The van der Waals surface area contributed by atoms with Crippen molar-refractivity contribution in [2.45, 2.75) is 53.0 Å². The number of amides is 1. The van der Waals surface area contributed by atoms with Crippen molar-refractivity contribution >= 4 is 29.1 Å². The molecule has 0 aromatic heterocycles. The van der Waals surface area contributed by atoms with E-state index in [0.29, 0.717) is 34.9 Å². The van der Waals surface area contributed by atoms with Crippen molar-refractivity contribution in [3.05, 3.63) is 94.6 Å². The molecule has 0 bridgehead atoms. The van der Waals surface area contributed by atoms with Gasteiger partial charge in [0.05, 0.1) is 18.2 Å². The first-order chi connectivity index (χ1) is 18.7. The SMILES string of the molecule is CCCCCOc1ccc(/C(O)=C2\C(=O)C(=O)N(c3ccc(C)c(C)c3)C2c2ccc(OC(C)=O)cc2)cc1. The number of benzene rings is 3. The number of aliphatic hydroxyl groups is 1. The first kappa shape index (κ1) is 27.6. The summed E-state index contributed by atoms with van der Waals surface area (Å²) in [5.74, 6) is -1.24. The second-order valence-corrected chi connectivity index (χ2v) is 9.68. The molecule has 1 fully saturated rings. The van der Waals surface area contributed by atoms with Crippen molar-refractivity contribution in [1.82, 2.24) is 0 Å². The molecule has 7 heteroatoms. The number of aliphatic hydroxyl groups excluding tert-OH is 1. The molecule has 0 radical (unpaired) electrons. The lowest BCUT2D eigenvalue weighted by Crippen LogP contribution is -2.29. The lowest BCUT2D eigenvalue weighted by atomic mass is 9.95. The van der Waals surface area contributed by atoms with Gasteiger partial charge in [-0.25, -0.2) is 0 Å². The Balaban J connectivity index is 1.77. The highest BCUT2D eigenvalue weighted by Gasteiger charge is 2.47. The molecule has 1 amide bonds. The number of anilines is 1. The van der Waals surface area contributed by atoms with Crippen LogP contribution >= 0.6 is 0 Å². The van der Waals surface area contributed by atoms with Crippen LogP contribution in [0.15, 0.2) is 72.3 Å². The lowest BCUT2D eigenvalue weighted by Gasteiger charge is -2.26. The Bertz CT molecular complexity index is 1410. The van der Waals surface area contributed by atoms with E-state index in [4.69, 9.17) is 9.47 Å². The maximum absolute atomic E-state index is 13.4. The molecular formula is C32H33NO6. The third-order valence-corrected chi connectivity index (χ3v) is 6.81. The smallest absolute Gasteiger partial charge is 0.308 e. The average Bonchev–Trinajstić information content (AvgIpc) is 3.18. The third-order valence-electron chi connectivity index (χ3n) is 6.81. The second kappa shape index (κ2) is 12.0. The predicted molar refractivity (Wildman–Crippen MR) is 150 cm³/mol. The van der Waals surface area contributed by atoms with Crippen molar-refractivity contribution in [3.63, 3.8) is 0 Å². The van der Waals surface area contributed by atoms with Crippen LogP contribution in [0, 0.1) is 13.8 Å². The zero-order chi connectivity index (χ0) is 28.1. The highest BCUT2D eigenvalue weighted by molar-refractivity contribution is 6.51. The zero-order valence-electron chi connectivity index (χ0n) is 22.7. The van der Waals surface area contributed by atoms with E-state index < -0.39 is 23.7 Å². The quantitative estimate of drug-likeness (QED) is 0.0862. The van der Waals surface area contributed by atoms with E-state index in [-0.39, 0.29) is 11.3 Å². The van der Waals surface area contributed by atoms with Crippen molar-refractivity contribution in [3.8, 4) is 11.5 Å². The first-order valence-corrected chi connectivity index (χ1v) is 13.1. The molecule has 1 aliphatic heterocycles. The summed E-state index contributed by atoms with van der Waals surface area (Å²) in [6, 6.07) is 18.0. The molecule has 0 aliphatic carbocycles. The Hall–Kier alpha value is -4.39. The number of Topliss-reactive ketones (excluding diaryl/α,β-unsaturated/α-hetero) is 1. The normalized spacial score (nSPS) is 16.4. The van der Waals surface area contributed by atoms with Gasteiger partial charge >= 0.3 is 5.97 Å². The number of unbranched alkanes of at least 4 members (excludes halogenated alkanes) is 2. The molecule has 1 heterocycles. The molecule has 202 valence electrons. The van der Waals surface area contributed by atoms with Gasteiger partial charge in [0.2, 0.25) is 0 Å². The van der Waals surface area contributed by atoms with Gasteiger partial charge in [0.25, 0.3) is 11.7 Å². The molecule has 0 saturated carbocycles. The fraction of sp³-hybridized carbons (Fsp3) is 0.281. The van der Waals surface area contributed by atoms with E-state index in [1.54, 1.807) is 54.6 Å². The molecule has 0 spiro atoms. The molecular weight excluding hydrogens is 494 g/mol. The monoisotopic (exact) mass is 527 g/mol. The molecule has 3 aromatic carbocycles. The number of carbonyl (C=O) groups is 3. The van der Waals surface area contributed by atoms with E-state index in [0.717, 1.165) is 30.4 Å². The van der Waals surface area contributed by atoms with Gasteiger partial charge in [0.1, 0.15) is 17.3 Å².